The second-order valence-corrected chi connectivity index (χ2v) is 7.33. The lowest BCUT2D eigenvalue weighted by atomic mass is 9.78. The first-order valence-corrected chi connectivity index (χ1v) is 7.10. The van der Waals surface area contributed by atoms with E-state index in [4.69, 9.17) is 0 Å². The fourth-order valence-corrected chi connectivity index (χ4v) is 3.42. The molecule has 16 heavy (non-hydrogen) atoms. The van der Waals surface area contributed by atoms with Crippen LogP contribution in [0.5, 0.6) is 0 Å². The lowest BCUT2D eigenvalue weighted by Gasteiger charge is -2.28. The molecule has 1 saturated carbocycles. The van der Waals surface area contributed by atoms with Crippen molar-refractivity contribution in [2.45, 2.75) is 59.4 Å². The van der Waals surface area contributed by atoms with Gasteiger partial charge in [-0.05, 0) is 62.4 Å². The van der Waals surface area contributed by atoms with E-state index >= 15 is 0 Å². The van der Waals surface area contributed by atoms with Crippen LogP contribution in [0, 0.1) is 23.2 Å². The van der Waals surface area contributed by atoms with Crippen molar-refractivity contribution in [1.29, 1.82) is 0 Å². The molecular formula is C15H29N. The van der Waals surface area contributed by atoms with Crippen molar-refractivity contribution >= 4 is 0 Å². The maximum atomic E-state index is 2.58. The van der Waals surface area contributed by atoms with Gasteiger partial charge in [0.1, 0.15) is 0 Å². The molecule has 1 nitrogen and oxygen atoms in total. The van der Waals surface area contributed by atoms with Crippen LogP contribution in [0.3, 0.4) is 0 Å². The zero-order valence-corrected chi connectivity index (χ0v) is 11.8. The van der Waals surface area contributed by atoms with Gasteiger partial charge in [-0.2, -0.15) is 0 Å². The third-order valence-electron chi connectivity index (χ3n) is 5.23. The van der Waals surface area contributed by atoms with E-state index in [0.717, 1.165) is 23.8 Å². The van der Waals surface area contributed by atoms with E-state index < -0.39 is 0 Å². The smallest absolute Gasteiger partial charge is 0.00954 e. The second-order valence-electron chi connectivity index (χ2n) is 7.33. The Balaban J connectivity index is 1.79. The van der Waals surface area contributed by atoms with Crippen LogP contribution in [0.15, 0.2) is 0 Å². The predicted octanol–water partition coefficient (Wildman–Crippen LogP) is 3.79. The molecule has 1 heterocycles. The molecule has 0 bridgehead atoms. The second kappa shape index (κ2) is 4.33. The number of hydrogen-bond donors (Lipinski definition) is 0. The Bertz CT molecular complexity index is 240. The van der Waals surface area contributed by atoms with Gasteiger partial charge >= 0.3 is 0 Å². The normalized spacial score (nSPS) is 37.7. The summed E-state index contributed by atoms with van der Waals surface area (Å²) in [6, 6.07) is 0.905. The summed E-state index contributed by atoms with van der Waals surface area (Å²) in [6.45, 7) is 11.0. The standard InChI is InChI=1S/C15H29N/c1-11(15(2,3)4)14-10-12(14)9-13-7-6-8-16(13)5/h11-14H,6-10H2,1-5H3/t11-,12?,13?,14?/m1/s1. The molecule has 0 aromatic heterocycles. The minimum absolute atomic E-state index is 0.501. The fraction of sp³-hybridized carbons (Fsp3) is 1.00. The van der Waals surface area contributed by atoms with Crippen LogP contribution < -0.4 is 0 Å². The lowest BCUT2D eigenvalue weighted by molar-refractivity contribution is 0.212. The lowest BCUT2D eigenvalue weighted by Crippen LogP contribution is -2.26. The van der Waals surface area contributed by atoms with Crippen LogP contribution in [0.1, 0.15) is 53.4 Å². The van der Waals surface area contributed by atoms with Crippen LogP contribution in [0.25, 0.3) is 0 Å². The Morgan fingerprint density at radius 2 is 2.00 bits per heavy atom. The molecule has 0 aromatic carbocycles. The molecule has 0 amide bonds. The third-order valence-corrected chi connectivity index (χ3v) is 5.23. The Kier molecular flexibility index (Phi) is 3.36. The van der Waals surface area contributed by atoms with E-state index in [-0.39, 0.29) is 0 Å². The van der Waals surface area contributed by atoms with Crippen molar-refractivity contribution in [2.75, 3.05) is 13.6 Å². The number of hydrogen-bond acceptors (Lipinski definition) is 1. The van der Waals surface area contributed by atoms with Crippen molar-refractivity contribution in [3.8, 4) is 0 Å². The van der Waals surface area contributed by atoms with Crippen LogP contribution in [0.4, 0.5) is 0 Å². The quantitative estimate of drug-likeness (QED) is 0.703. The Morgan fingerprint density at radius 3 is 2.50 bits per heavy atom. The summed E-state index contributed by atoms with van der Waals surface area (Å²) < 4.78 is 0. The SMILES string of the molecule is C[C@H](C1CC1CC1CCCN1C)C(C)(C)C. The average Bonchev–Trinajstić information content (AvgIpc) is 2.81. The number of nitrogens with zero attached hydrogens (tertiary/aromatic N) is 1. The number of likely N-dealkylation sites (tertiary alicyclic amines) is 1. The van der Waals surface area contributed by atoms with Gasteiger partial charge in [0, 0.05) is 6.04 Å². The van der Waals surface area contributed by atoms with Crippen molar-refractivity contribution in [3.63, 3.8) is 0 Å². The Labute approximate surface area is 102 Å². The van der Waals surface area contributed by atoms with Crippen LogP contribution in [-0.4, -0.2) is 24.5 Å². The van der Waals surface area contributed by atoms with Gasteiger partial charge in [-0.3, -0.25) is 0 Å². The first-order chi connectivity index (χ1) is 7.39. The summed E-state index contributed by atoms with van der Waals surface area (Å²) in [5.41, 5.74) is 0.501. The van der Waals surface area contributed by atoms with Gasteiger partial charge in [-0.15, -0.1) is 0 Å². The van der Waals surface area contributed by atoms with Crippen molar-refractivity contribution in [3.05, 3.63) is 0 Å². The topological polar surface area (TPSA) is 3.24 Å². The van der Waals surface area contributed by atoms with Crippen molar-refractivity contribution < 1.29 is 0 Å². The zero-order chi connectivity index (χ0) is 11.9. The molecule has 0 spiro atoms. The monoisotopic (exact) mass is 223 g/mol. The summed E-state index contributed by atoms with van der Waals surface area (Å²) in [5, 5.41) is 0. The van der Waals surface area contributed by atoms with Crippen molar-refractivity contribution in [1.82, 2.24) is 4.90 Å². The average molecular weight is 223 g/mol. The minimum Gasteiger partial charge on any atom is -0.303 e. The summed E-state index contributed by atoms with van der Waals surface area (Å²) in [5.74, 6) is 2.96. The van der Waals surface area contributed by atoms with E-state index in [2.05, 4.69) is 39.6 Å². The molecule has 1 aliphatic carbocycles. The molecule has 4 atom stereocenters. The van der Waals surface area contributed by atoms with Gasteiger partial charge in [0.2, 0.25) is 0 Å². The van der Waals surface area contributed by atoms with Crippen molar-refractivity contribution in [2.24, 2.45) is 23.2 Å². The van der Waals surface area contributed by atoms with Gasteiger partial charge in [-0.1, -0.05) is 27.7 Å². The first-order valence-electron chi connectivity index (χ1n) is 7.10. The van der Waals surface area contributed by atoms with Gasteiger partial charge in [-0.25, -0.2) is 0 Å². The molecule has 1 heteroatoms. The van der Waals surface area contributed by atoms with Gasteiger partial charge in [0.05, 0.1) is 0 Å². The maximum absolute atomic E-state index is 2.58. The third kappa shape index (κ3) is 2.61. The molecule has 0 radical (unpaired) electrons. The molecular weight excluding hydrogens is 194 g/mol. The minimum atomic E-state index is 0.501. The molecule has 94 valence electrons. The molecule has 0 aromatic rings. The van der Waals surface area contributed by atoms with Gasteiger partial charge in [0.15, 0.2) is 0 Å². The fourth-order valence-electron chi connectivity index (χ4n) is 3.42. The number of rotatable bonds is 3. The summed E-state index contributed by atoms with van der Waals surface area (Å²) in [7, 11) is 2.31. The van der Waals surface area contributed by atoms with E-state index in [9.17, 15) is 0 Å². The van der Waals surface area contributed by atoms with Crippen LogP contribution in [0.2, 0.25) is 0 Å². The molecule has 2 fully saturated rings. The molecule has 3 unspecified atom stereocenters. The van der Waals surface area contributed by atoms with E-state index in [1.165, 1.54) is 32.2 Å². The molecule has 0 N–H and O–H groups in total. The largest absolute Gasteiger partial charge is 0.303 e. The van der Waals surface area contributed by atoms with E-state index in [0.29, 0.717) is 5.41 Å². The summed E-state index contributed by atoms with van der Waals surface area (Å²) >= 11 is 0. The molecule has 2 rings (SSSR count). The molecule has 1 aliphatic heterocycles. The van der Waals surface area contributed by atoms with E-state index in [1.54, 1.807) is 0 Å². The summed E-state index contributed by atoms with van der Waals surface area (Å²) in [4.78, 5) is 2.58. The Hall–Kier alpha value is -0.0400. The molecule has 2 aliphatic rings. The first kappa shape index (κ1) is 12.4. The maximum Gasteiger partial charge on any atom is 0.00954 e. The highest BCUT2D eigenvalue weighted by molar-refractivity contribution is 4.96. The zero-order valence-electron chi connectivity index (χ0n) is 11.8. The predicted molar refractivity (Wildman–Crippen MR) is 70.5 cm³/mol. The summed E-state index contributed by atoms with van der Waals surface area (Å²) in [6.07, 6.45) is 5.85. The Morgan fingerprint density at radius 1 is 1.31 bits per heavy atom. The highest BCUT2D eigenvalue weighted by Gasteiger charge is 2.45. The highest BCUT2D eigenvalue weighted by atomic mass is 15.1. The van der Waals surface area contributed by atoms with E-state index in [1.807, 2.05) is 0 Å². The van der Waals surface area contributed by atoms with Gasteiger partial charge in [0.25, 0.3) is 0 Å². The van der Waals surface area contributed by atoms with Crippen LogP contribution in [-0.2, 0) is 0 Å². The van der Waals surface area contributed by atoms with Crippen LogP contribution >= 0.6 is 0 Å². The van der Waals surface area contributed by atoms with Gasteiger partial charge < -0.3 is 4.90 Å². The highest BCUT2D eigenvalue weighted by Crippen LogP contribution is 2.52. The molecule has 1 saturated heterocycles.